The van der Waals surface area contributed by atoms with Gasteiger partial charge in [-0.2, -0.15) is 0 Å². The Kier molecular flexibility index (Phi) is 3.27. The molecule has 2 rings (SSSR count). The van der Waals surface area contributed by atoms with Gasteiger partial charge in [0.05, 0.1) is 12.3 Å². The van der Waals surface area contributed by atoms with Gasteiger partial charge in [-0.25, -0.2) is 9.97 Å². The first-order chi connectivity index (χ1) is 7.79. The molecule has 3 nitrogen and oxygen atoms in total. The number of methoxy groups -OCH3 is 1. The van der Waals surface area contributed by atoms with Gasteiger partial charge in [-0.15, -0.1) is 0 Å². The fourth-order valence-corrected chi connectivity index (χ4v) is 1.57. The summed E-state index contributed by atoms with van der Waals surface area (Å²) < 4.78 is 5.08. The maximum absolute atomic E-state index is 5.08. The lowest BCUT2D eigenvalue weighted by Gasteiger charge is -2.05. The maximum Gasteiger partial charge on any atom is 0.159 e. The second-order valence-electron chi connectivity index (χ2n) is 3.62. The lowest BCUT2D eigenvalue weighted by Crippen LogP contribution is -1.99. The molecule has 0 radical (unpaired) electrons. The highest BCUT2D eigenvalue weighted by molar-refractivity contribution is 5.54. The molecule has 1 aromatic carbocycles. The van der Waals surface area contributed by atoms with Crippen LogP contribution < -0.4 is 0 Å². The predicted molar refractivity (Wildman–Crippen MR) is 62.9 cm³/mol. The first-order valence-electron chi connectivity index (χ1n) is 5.18. The number of hydrogen-bond acceptors (Lipinski definition) is 3. The first-order valence-corrected chi connectivity index (χ1v) is 5.18. The summed E-state index contributed by atoms with van der Waals surface area (Å²) in [7, 11) is 1.67. The molecule has 0 saturated carbocycles. The smallest absolute Gasteiger partial charge is 0.159 e. The molecule has 2 aromatic rings. The van der Waals surface area contributed by atoms with Crippen LogP contribution in [-0.4, -0.2) is 17.1 Å². The van der Waals surface area contributed by atoms with Crippen LogP contribution in [0.2, 0.25) is 0 Å². The van der Waals surface area contributed by atoms with Crippen molar-refractivity contribution in [3.05, 3.63) is 47.8 Å². The van der Waals surface area contributed by atoms with E-state index >= 15 is 0 Å². The number of hydrogen-bond donors (Lipinski definition) is 0. The van der Waals surface area contributed by atoms with E-state index in [4.69, 9.17) is 4.74 Å². The number of nitrogens with zero attached hydrogens (tertiary/aromatic N) is 2. The van der Waals surface area contributed by atoms with Crippen LogP contribution in [0.1, 0.15) is 11.4 Å². The van der Waals surface area contributed by atoms with Crippen LogP contribution >= 0.6 is 0 Å². The molecule has 3 heteroatoms. The van der Waals surface area contributed by atoms with Gasteiger partial charge in [-0.05, 0) is 13.0 Å². The zero-order chi connectivity index (χ0) is 11.4. The average Bonchev–Trinajstić information content (AvgIpc) is 2.30. The summed E-state index contributed by atoms with van der Waals surface area (Å²) in [6.45, 7) is 2.48. The number of benzene rings is 1. The molecular formula is C13H14N2O. The summed E-state index contributed by atoms with van der Waals surface area (Å²) in [5.74, 6) is 0.757. The van der Waals surface area contributed by atoms with Crippen LogP contribution in [0, 0.1) is 6.92 Å². The van der Waals surface area contributed by atoms with Gasteiger partial charge in [0.1, 0.15) is 0 Å². The molecule has 0 aliphatic rings. The van der Waals surface area contributed by atoms with Crippen LogP contribution in [0.15, 0.2) is 36.4 Å². The van der Waals surface area contributed by atoms with Gasteiger partial charge >= 0.3 is 0 Å². The topological polar surface area (TPSA) is 35.0 Å². The van der Waals surface area contributed by atoms with E-state index in [2.05, 4.69) is 9.97 Å². The van der Waals surface area contributed by atoms with Crippen LogP contribution in [0.3, 0.4) is 0 Å². The van der Waals surface area contributed by atoms with Crippen molar-refractivity contribution in [2.45, 2.75) is 13.5 Å². The van der Waals surface area contributed by atoms with Gasteiger partial charge in [0.25, 0.3) is 0 Å². The molecule has 0 amide bonds. The molecule has 1 aromatic heterocycles. The van der Waals surface area contributed by atoms with E-state index in [0.717, 1.165) is 22.8 Å². The standard InChI is InChI=1S/C13H14N2O/c1-10-8-12(9-16-2)15-13(14-10)11-6-4-3-5-7-11/h3-8H,9H2,1-2H3. The minimum absolute atomic E-state index is 0.517. The number of rotatable bonds is 3. The van der Waals surface area contributed by atoms with Gasteiger partial charge in [-0.1, -0.05) is 30.3 Å². The van der Waals surface area contributed by atoms with Crippen LogP contribution in [0.25, 0.3) is 11.4 Å². The molecule has 0 spiro atoms. The summed E-state index contributed by atoms with van der Waals surface area (Å²) in [6, 6.07) is 11.9. The van der Waals surface area contributed by atoms with E-state index < -0.39 is 0 Å². The quantitative estimate of drug-likeness (QED) is 0.787. The van der Waals surface area contributed by atoms with Crippen molar-refractivity contribution in [2.75, 3.05) is 7.11 Å². The Morgan fingerprint density at radius 1 is 1.12 bits per heavy atom. The first kappa shape index (κ1) is 10.8. The Labute approximate surface area is 95.1 Å². The lowest BCUT2D eigenvalue weighted by molar-refractivity contribution is 0.181. The molecule has 0 unspecified atom stereocenters. The number of ether oxygens (including phenoxy) is 1. The highest BCUT2D eigenvalue weighted by Gasteiger charge is 2.03. The van der Waals surface area contributed by atoms with Crippen molar-refractivity contribution in [1.82, 2.24) is 9.97 Å². The van der Waals surface area contributed by atoms with Gasteiger partial charge in [0, 0.05) is 18.4 Å². The van der Waals surface area contributed by atoms with E-state index in [1.165, 1.54) is 0 Å². The van der Waals surface area contributed by atoms with Gasteiger partial charge < -0.3 is 4.74 Å². The van der Waals surface area contributed by atoms with Gasteiger partial charge in [0.2, 0.25) is 0 Å². The zero-order valence-electron chi connectivity index (χ0n) is 9.47. The molecule has 0 saturated heterocycles. The van der Waals surface area contributed by atoms with Crippen LogP contribution in [-0.2, 0) is 11.3 Å². The van der Waals surface area contributed by atoms with E-state index in [-0.39, 0.29) is 0 Å². The third-order valence-corrected chi connectivity index (χ3v) is 2.23. The molecule has 82 valence electrons. The number of aryl methyl sites for hydroxylation is 1. The van der Waals surface area contributed by atoms with Gasteiger partial charge in [-0.3, -0.25) is 0 Å². The number of aromatic nitrogens is 2. The Hall–Kier alpha value is -1.74. The molecular weight excluding hydrogens is 200 g/mol. The minimum atomic E-state index is 0.517. The SMILES string of the molecule is COCc1cc(C)nc(-c2ccccc2)n1. The monoisotopic (exact) mass is 214 g/mol. The van der Waals surface area contributed by atoms with Crippen molar-refractivity contribution in [2.24, 2.45) is 0 Å². The van der Waals surface area contributed by atoms with Crippen molar-refractivity contribution < 1.29 is 4.74 Å². The zero-order valence-corrected chi connectivity index (χ0v) is 9.47. The van der Waals surface area contributed by atoms with Crippen LogP contribution in [0.4, 0.5) is 0 Å². The third-order valence-electron chi connectivity index (χ3n) is 2.23. The molecule has 0 N–H and O–H groups in total. The largest absolute Gasteiger partial charge is 0.378 e. The molecule has 0 atom stereocenters. The van der Waals surface area contributed by atoms with Crippen molar-refractivity contribution in [3.63, 3.8) is 0 Å². The summed E-state index contributed by atoms with van der Waals surface area (Å²) in [6.07, 6.45) is 0. The third kappa shape index (κ3) is 2.44. The Balaban J connectivity index is 2.41. The molecule has 0 bridgehead atoms. The molecule has 0 fully saturated rings. The van der Waals surface area contributed by atoms with E-state index in [0.29, 0.717) is 6.61 Å². The summed E-state index contributed by atoms with van der Waals surface area (Å²) >= 11 is 0. The second-order valence-corrected chi connectivity index (χ2v) is 3.62. The normalized spacial score (nSPS) is 10.4. The summed E-state index contributed by atoms with van der Waals surface area (Å²) in [5.41, 5.74) is 2.90. The van der Waals surface area contributed by atoms with Crippen molar-refractivity contribution in [1.29, 1.82) is 0 Å². The van der Waals surface area contributed by atoms with Crippen LogP contribution in [0.5, 0.6) is 0 Å². The van der Waals surface area contributed by atoms with E-state index in [1.807, 2.05) is 43.3 Å². The fourth-order valence-electron chi connectivity index (χ4n) is 1.57. The van der Waals surface area contributed by atoms with Gasteiger partial charge in [0.15, 0.2) is 5.82 Å². The fraction of sp³-hybridized carbons (Fsp3) is 0.231. The highest BCUT2D eigenvalue weighted by Crippen LogP contribution is 2.15. The lowest BCUT2D eigenvalue weighted by atomic mass is 10.2. The van der Waals surface area contributed by atoms with E-state index in [1.54, 1.807) is 7.11 Å². The Bertz CT molecular complexity index is 469. The Morgan fingerprint density at radius 2 is 1.88 bits per heavy atom. The van der Waals surface area contributed by atoms with Crippen molar-refractivity contribution in [3.8, 4) is 11.4 Å². The van der Waals surface area contributed by atoms with Crippen molar-refractivity contribution >= 4 is 0 Å². The highest BCUT2D eigenvalue weighted by atomic mass is 16.5. The molecule has 1 heterocycles. The minimum Gasteiger partial charge on any atom is -0.378 e. The summed E-state index contributed by atoms with van der Waals surface area (Å²) in [4.78, 5) is 8.88. The molecule has 0 aliphatic carbocycles. The molecule has 16 heavy (non-hydrogen) atoms. The average molecular weight is 214 g/mol. The predicted octanol–water partition coefficient (Wildman–Crippen LogP) is 2.60. The molecule has 0 aliphatic heterocycles. The van der Waals surface area contributed by atoms with E-state index in [9.17, 15) is 0 Å². The summed E-state index contributed by atoms with van der Waals surface area (Å²) in [5, 5.41) is 0. The Morgan fingerprint density at radius 3 is 2.56 bits per heavy atom. The maximum atomic E-state index is 5.08. The second kappa shape index (κ2) is 4.86.